The Morgan fingerprint density at radius 3 is 2.00 bits per heavy atom. The molecule has 0 unspecified atom stereocenters. The maximum absolute atomic E-state index is 12.4. The summed E-state index contributed by atoms with van der Waals surface area (Å²) < 4.78 is 0. The molecule has 0 N–H and O–H groups in total. The van der Waals surface area contributed by atoms with Gasteiger partial charge in [-0.05, 0) is 36.1 Å². The fourth-order valence-corrected chi connectivity index (χ4v) is 2.62. The second-order valence-corrected chi connectivity index (χ2v) is 5.52. The lowest BCUT2D eigenvalue weighted by Gasteiger charge is -2.09. The maximum Gasteiger partial charge on any atom is 0.193 e. The molecule has 3 rings (SSSR count). The average Bonchev–Trinajstić information content (AvgIpc) is 2.58. The van der Waals surface area contributed by atoms with Gasteiger partial charge in [0.15, 0.2) is 5.78 Å². The molecule has 0 aliphatic carbocycles. The third-order valence-electron chi connectivity index (χ3n) is 4.10. The van der Waals surface area contributed by atoms with E-state index in [-0.39, 0.29) is 5.78 Å². The summed E-state index contributed by atoms with van der Waals surface area (Å²) in [4.78, 5) is 12.4. The van der Waals surface area contributed by atoms with E-state index in [2.05, 4.69) is 32.0 Å². The van der Waals surface area contributed by atoms with Crippen molar-refractivity contribution in [1.82, 2.24) is 0 Å². The minimum absolute atomic E-state index is 0.0631. The van der Waals surface area contributed by atoms with E-state index in [0.29, 0.717) is 0 Å². The highest BCUT2D eigenvalue weighted by Crippen LogP contribution is 2.26. The zero-order chi connectivity index (χ0) is 15.5. The Bertz CT molecular complexity index is 799. The van der Waals surface area contributed by atoms with Crippen LogP contribution in [-0.4, -0.2) is 5.78 Å². The van der Waals surface area contributed by atoms with Crippen LogP contribution in [0.5, 0.6) is 0 Å². The van der Waals surface area contributed by atoms with Crippen LogP contribution >= 0.6 is 0 Å². The summed E-state index contributed by atoms with van der Waals surface area (Å²) in [7, 11) is 0. The largest absolute Gasteiger partial charge is 0.289 e. The van der Waals surface area contributed by atoms with Crippen molar-refractivity contribution in [1.29, 1.82) is 0 Å². The van der Waals surface area contributed by atoms with Crippen LogP contribution in [0.25, 0.3) is 11.1 Å². The van der Waals surface area contributed by atoms with Crippen molar-refractivity contribution >= 4 is 5.78 Å². The molecule has 0 saturated heterocycles. The first-order valence-electron chi connectivity index (χ1n) is 7.43. The highest BCUT2D eigenvalue weighted by Gasteiger charge is 2.09. The number of hydrogen-bond donors (Lipinski definition) is 0. The Balaban J connectivity index is 1.93. The molecule has 0 bridgehead atoms. The van der Waals surface area contributed by atoms with Crippen LogP contribution in [0.2, 0.25) is 0 Å². The van der Waals surface area contributed by atoms with Gasteiger partial charge in [0.1, 0.15) is 0 Å². The van der Waals surface area contributed by atoms with E-state index in [9.17, 15) is 4.79 Å². The van der Waals surface area contributed by atoms with E-state index in [1.54, 1.807) is 0 Å². The number of carbonyl (C=O) groups is 1. The number of aryl methyl sites for hydroxylation is 1. The minimum Gasteiger partial charge on any atom is -0.289 e. The molecule has 0 atom stereocenters. The Hall–Kier alpha value is -2.67. The van der Waals surface area contributed by atoms with Crippen LogP contribution in [0.4, 0.5) is 0 Å². The third kappa shape index (κ3) is 2.71. The zero-order valence-corrected chi connectivity index (χ0v) is 12.8. The molecule has 3 aromatic rings. The number of rotatable bonds is 3. The zero-order valence-electron chi connectivity index (χ0n) is 12.8. The van der Waals surface area contributed by atoms with Crippen LogP contribution in [0.15, 0.2) is 72.8 Å². The molecule has 22 heavy (non-hydrogen) atoms. The molecule has 0 saturated carbocycles. The Labute approximate surface area is 131 Å². The molecule has 0 aliphatic heterocycles. The van der Waals surface area contributed by atoms with Crippen LogP contribution in [-0.2, 0) is 0 Å². The van der Waals surface area contributed by atoms with E-state index in [1.807, 2.05) is 54.6 Å². The number of ketones is 1. The van der Waals surface area contributed by atoms with E-state index in [0.717, 1.165) is 16.7 Å². The number of benzene rings is 3. The summed E-state index contributed by atoms with van der Waals surface area (Å²) in [6.45, 7) is 4.25. The van der Waals surface area contributed by atoms with Gasteiger partial charge >= 0.3 is 0 Å². The quantitative estimate of drug-likeness (QED) is 0.605. The standard InChI is InChI=1S/C21H18O/c1-15-7-6-10-20(16(15)2)17-11-13-19(14-12-17)21(22)18-8-4-3-5-9-18/h3-14H,1-2H3. The maximum atomic E-state index is 12.4. The molecule has 0 fully saturated rings. The highest BCUT2D eigenvalue weighted by molar-refractivity contribution is 6.09. The lowest BCUT2D eigenvalue weighted by molar-refractivity contribution is 0.103. The highest BCUT2D eigenvalue weighted by atomic mass is 16.1. The van der Waals surface area contributed by atoms with E-state index >= 15 is 0 Å². The fraction of sp³-hybridized carbons (Fsp3) is 0.0952. The Morgan fingerprint density at radius 1 is 0.682 bits per heavy atom. The fourth-order valence-electron chi connectivity index (χ4n) is 2.62. The van der Waals surface area contributed by atoms with Gasteiger partial charge in [0.2, 0.25) is 0 Å². The summed E-state index contributed by atoms with van der Waals surface area (Å²) in [6.07, 6.45) is 0. The van der Waals surface area contributed by atoms with Crippen molar-refractivity contribution in [2.24, 2.45) is 0 Å². The second kappa shape index (κ2) is 5.98. The molecule has 1 nitrogen and oxygen atoms in total. The lowest BCUT2D eigenvalue weighted by atomic mass is 9.95. The normalized spacial score (nSPS) is 10.5. The summed E-state index contributed by atoms with van der Waals surface area (Å²) in [6, 6.07) is 23.6. The summed E-state index contributed by atoms with van der Waals surface area (Å²) in [5.74, 6) is 0.0631. The topological polar surface area (TPSA) is 17.1 Å². The molecule has 3 aromatic carbocycles. The summed E-state index contributed by atoms with van der Waals surface area (Å²) in [5, 5.41) is 0. The van der Waals surface area contributed by atoms with E-state index in [1.165, 1.54) is 16.7 Å². The van der Waals surface area contributed by atoms with Gasteiger partial charge in [0.05, 0.1) is 0 Å². The number of hydrogen-bond acceptors (Lipinski definition) is 1. The molecule has 0 aliphatic rings. The molecule has 0 aromatic heterocycles. The third-order valence-corrected chi connectivity index (χ3v) is 4.10. The van der Waals surface area contributed by atoms with Crippen molar-refractivity contribution in [2.75, 3.05) is 0 Å². The molecule has 1 heteroatoms. The first-order chi connectivity index (χ1) is 10.7. The van der Waals surface area contributed by atoms with Crippen molar-refractivity contribution in [3.8, 4) is 11.1 Å². The summed E-state index contributed by atoms with van der Waals surface area (Å²) in [5.41, 5.74) is 6.37. The molecule has 0 heterocycles. The van der Waals surface area contributed by atoms with Crippen molar-refractivity contribution in [3.63, 3.8) is 0 Å². The van der Waals surface area contributed by atoms with Gasteiger partial charge in [-0.2, -0.15) is 0 Å². The average molecular weight is 286 g/mol. The van der Waals surface area contributed by atoms with Crippen molar-refractivity contribution in [3.05, 3.63) is 95.1 Å². The molecule has 108 valence electrons. The van der Waals surface area contributed by atoms with E-state index in [4.69, 9.17) is 0 Å². The van der Waals surface area contributed by atoms with Gasteiger partial charge in [0, 0.05) is 11.1 Å². The second-order valence-electron chi connectivity index (χ2n) is 5.52. The molecular weight excluding hydrogens is 268 g/mol. The molecule has 0 radical (unpaired) electrons. The minimum atomic E-state index is 0.0631. The van der Waals surface area contributed by atoms with Gasteiger partial charge in [-0.25, -0.2) is 0 Å². The Kier molecular flexibility index (Phi) is 3.88. The number of carbonyl (C=O) groups excluding carboxylic acids is 1. The predicted octanol–water partition coefficient (Wildman–Crippen LogP) is 5.20. The molecular formula is C21H18O. The van der Waals surface area contributed by atoms with Crippen LogP contribution in [0.3, 0.4) is 0 Å². The first kappa shape index (κ1) is 14.3. The predicted molar refractivity (Wildman–Crippen MR) is 91.2 cm³/mol. The van der Waals surface area contributed by atoms with Crippen LogP contribution in [0, 0.1) is 13.8 Å². The monoisotopic (exact) mass is 286 g/mol. The lowest BCUT2D eigenvalue weighted by Crippen LogP contribution is -2.00. The Morgan fingerprint density at radius 2 is 1.32 bits per heavy atom. The smallest absolute Gasteiger partial charge is 0.193 e. The molecule has 0 spiro atoms. The van der Waals surface area contributed by atoms with Crippen molar-refractivity contribution < 1.29 is 4.79 Å². The van der Waals surface area contributed by atoms with Gasteiger partial charge in [-0.3, -0.25) is 4.79 Å². The van der Waals surface area contributed by atoms with Crippen LogP contribution < -0.4 is 0 Å². The van der Waals surface area contributed by atoms with Crippen molar-refractivity contribution in [2.45, 2.75) is 13.8 Å². The van der Waals surface area contributed by atoms with E-state index < -0.39 is 0 Å². The van der Waals surface area contributed by atoms with Gasteiger partial charge in [0.25, 0.3) is 0 Å². The van der Waals surface area contributed by atoms with Gasteiger partial charge in [-0.15, -0.1) is 0 Å². The molecule has 0 amide bonds. The van der Waals surface area contributed by atoms with Crippen LogP contribution in [0.1, 0.15) is 27.0 Å². The van der Waals surface area contributed by atoms with Gasteiger partial charge < -0.3 is 0 Å². The first-order valence-corrected chi connectivity index (χ1v) is 7.43. The van der Waals surface area contributed by atoms with Gasteiger partial charge in [-0.1, -0.05) is 72.8 Å². The summed E-state index contributed by atoms with van der Waals surface area (Å²) >= 11 is 0. The SMILES string of the molecule is Cc1cccc(-c2ccc(C(=O)c3ccccc3)cc2)c1C.